The lowest BCUT2D eigenvalue weighted by atomic mass is 9.97. The Kier molecular flexibility index (Phi) is 6.21. The van der Waals surface area contributed by atoms with Crippen LogP contribution in [0.3, 0.4) is 0 Å². The van der Waals surface area contributed by atoms with E-state index < -0.39 is 15.8 Å². The van der Waals surface area contributed by atoms with Crippen molar-refractivity contribution in [1.82, 2.24) is 9.71 Å². The van der Waals surface area contributed by atoms with E-state index >= 15 is 0 Å². The SMILES string of the molecule is CCOc1ccc(S(=O)(=O)NCC2CCN(c3nc4ccccc4s3)CC2)cc1F. The first-order valence-corrected chi connectivity index (χ1v) is 12.3. The van der Waals surface area contributed by atoms with E-state index in [1.807, 2.05) is 18.2 Å². The third kappa shape index (κ3) is 4.58. The number of fused-ring (bicyclic) bond motifs is 1. The molecule has 1 aliphatic heterocycles. The van der Waals surface area contributed by atoms with E-state index in [0.29, 0.717) is 13.2 Å². The molecular formula is C21H24FN3O3S2. The van der Waals surface area contributed by atoms with E-state index in [1.165, 1.54) is 16.8 Å². The van der Waals surface area contributed by atoms with Crippen LogP contribution in [0.15, 0.2) is 47.4 Å². The average molecular weight is 450 g/mol. The van der Waals surface area contributed by atoms with E-state index in [-0.39, 0.29) is 16.6 Å². The maximum atomic E-state index is 14.0. The summed E-state index contributed by atoms with van der Waals surface area (Å²) < 4.78 is 48.0. The fraction of sp³-hybridized carbons (Fsp3) is 0.381. The maximum Gasteiger partial charge on any atom is 0.240 e. The number of nitrogens with one attached hydrogen (secondary N) is 1. The van der Waals surface area contributed by atoms with Gasteiger partial charge in [-0.15, -0.1) is 0 Å². The van der Waals surface area contributed by atoms with Crippen LogP contribution < -0.4 is 14.4 Å². The minimum atomic E-state index is -3.77. The quantitative estimate of drug-likeness (QED) is 0.590. The molecule has 4 rings (SSSR count). The van der Waals surface area contributed by atoms with Crippen molar-refractivity contribution in [2.45, 2.75) is 24.7 Å². The summed E-state index contributed by atoms with van der Waals surface area (Å²) in [5.41, 5.74) is 1.01. The molecule has 1 aromatic heterocycles. The monoisotopic (exact) mass is 449 g/mol. The second kappa shape index (κ2) is 8.87. The van der Waals surface area contributed by atoms with E-state index in [1.54, 1.807) is 18.3 Å². The van der Waals surface area contributed by atoms with E-state index in [2.05, 4.69) is 15.7 Å². The standard InChI is InChI=1S/C21H24FN3O3S2/c1-2-28-19-8-7-16(13-17(19)22)30(26,27)23-14-15-9-11-25(12-10-15)21-24-18-5-3-4-6-20(18)29-21/h3-8,13,15,23H,2,9-12,14H2,1H3. The Morgan fingerprint density at radius 2 is 2.00 bits per heavy atom. The number of piperidine rings is 1. The van der Waals surface area contributed by atoms with Crippen LogP contribution in [0.2, 0.25) is 0 Å². The van der Waals surface area contributed by atoms with Crippen molar-refractivity contribution in [3.05, 3.63) is 48.3 Å². The number of rotatable bonds is 7. The molecule has 0 aliphatic carbocycles. The van der Waals surface area contributed by atoms with Gasteiger partial charge in [-0.2, -0.15) is 0 Å². The number of aromatic nitrogens is 1. The molecule has 1 aliphatic rings. The molecule has 2 aromatic carbocycles. The summed E-state index contributed by atoms with van der Waals surface area (Å²) in [5.74, 6) is -0.388. The maximum absolute atomic E-state index is 14.0. The van der Waals surface area contributed by atoms with Gasteiger partial charge in [0.25, 0.3) is 0 Å². The summed E-state index contributed by atoms with van der Waals surface area (Å²) >= 11 is 1.68. The molecule has 160 valence electrons. The van der Waals surface area contributed by atoms with Crippen LogP contribution in [0.5, 0.6) is 5.75 Å². The molecule has 30 heavy (non-hydrogen) atoms. The first-order chi connectivity index (χ1) is 14.5. The lowest BCUT2D eigenvalue weighted by Gasteiger charge is -2.31. The molecule has 0 saturated carbocycles. The van der Waals surface area contributed by atoms with Gasteiger partial charge in [-0.05, 0) is 56.0 Å². The highest BCUT2D eigenvalue weighted by Crippen LogP contribution is 2.31. The van der Waals surface area contributed by atoms with Gasteiger partial charge in [0.05, 0.1) is 21.7 Å². The van der Waals surface area contributed by atoms with Crippen molar-refractivity contribution in [2.75, 3.05) is 31.1 Å². The van der Waals surface area contributed by atoms with Gasteiger partial charge in [0.15, 0.2) is 16.7 Å². The molecule has 2 heterocycles. The van der Waals surface area contributed by atoms with E-state index in [9.17, 15) is 12.8 Å². The number of para-hydroxylation sites is 1. The average Bonchev–Trinajstić information content (AvgIpc) is 3.18. The van der Waals surface area contributed by atoms with Gasteiger partial charge in [0.1, 0.15) is 0 Å². The van der Waals surface area contributed by atoms with Crippen molar-refractivity contribution in [2.24, 2.45) is 5.92 Å². The molecule has 3 aromatic rings. The topological polar surface area (TPSA) is 71.5 Å². The van der Waals surface area contributed by atoms with Crippen LogP contribution in [-0.4, -0.2) is 39.6 Å². The second-order valence-corrected chi connectivity index (χ2v) is 10.0. The third-order valence-corrected chi connectivity index (χ3v) is 7.76. The second-order valence-electron chi connectivity index (χ2n) is 7.27. The van der Waals surface area contributed by atoms with E-state index in [4.69, 9.17) is 9.72 Å². The zero-order chi connectivity index (χ0) is 21.1. The molecule has 9 heteroatoms. The Morgan fingerprint density at radius 3 is 2.70 bits per heavy atom. The predicted octanol–water partition coefficient (Wildman–Crippen LogP) is 4.03. The van der Waals surface area contributed by atoms with Gasteiger partial charge in [-0.25, -0.2) is 22.5 Å². The molecule has 1 saturated heterocycles. The Morgan fingerprint density at radius 1 is 1.23 bits per heavy atom. The Bertz CT molecular complexity index is 1090. The normalized spacial score (nSPS) is 15.6. The molecule has 1 N–H and O–H groups in total. The molecular weight excluding hydrogens is 425 g/mol. The van der Waals surface area contributed by atoms with Gasteiger partial charge in [0, 0.05) is 19.6 Å². The van der Waals surface area contributed by atoms with Crippen molar-refractivity contribution < 1.29 is 17.5 Å². The van der Waals surface area contributed by atoms with Gasteiger partial charge in [-0.1, -0.05) is 23.5 Å². The minimum Gasteiger partial charge on any atom is -0.491 e. The Balaban J connectivity index is 1.33. The number of thiazole rings is 1. The van der Waals surface area contributed by atoms with Crippen molar-refractivity contribution in [1.29, 1.82) is 0 Å². The molecule has 0 unspecified atom stereocenters. The Hall–Kier alpha value is -2.23. The fourth-order valence-corrected chi connectivity index (χ4v) is 5.70. The Labute approximate surface area is 179 Å². The fourth-order valence-electron chi connectivity index (χ4n) is 3.56. The summed E-state index contributed by atoms with van der Waals surface area (Å²) in [5, 5.41) is 1.01. The molecule has 0 spiro atoms. The number of hydrogen-bond donors (Lipinski definition) is 1. The summed E-state index contributed by atoms with van der Waals surface area (Å²) in [6, 6.07) is 11.8. The lowest BCUT2D eigenvalue weighted by molar-refractivity contribution is 0.321. The van der Waals surface area contributed by atoms with Crippen molar-refractivity contribution in [3.63, 3.8) is 0 Å². The van der Waals surface area contributed by atoms with Crippen LogP contribution >= 0.6 is 11.3 Å². The van der Waals surface area contributed by atoms with Crippen LogP contribution in [0.25, 0.3) is 10.2 Å². The number of sulfonamides is 1. The summed E-state index contributed by atoms with van der Waals surface area (Å²) in [7, 11) is -3.77. The van der Waals surface area contributed by atoms with Crippen LogP contribution in [0, 0.1) is 11.7 Å². The minimum absolute atomic E-state index is 0.0543. The first kappa shape index (κ1) is 21.0. The largest absolute Gasteiger partial charge is 0.491 e. The number of hydrogen-bond acceptors (Lipinski definition) is 6. The van der Waals surface area contributed by atoms with Crippen LogP contribution in [0.1, 0.15) is 19.8 Å². The molecule has 1 fully saturated rings. The van der Waals surface area contributed by atoms with E-state index in [0.717, 1.165) is 42.6 Å². The number of anilines is 1. The smallest absolute Gasteiger partial charge is 0.240 e. The highest BCUT2D eigenvalue weighted by atomic mass is 32.2. The number of nitrogens with zero attached hydrogens (tertiary/aromatic N) is 2. The van der Waals surface area contributed by atoms with Crippen molar-refractivity contribution >= 4 is 36.7 Å². The zero-order valence-corrected chi connectivity index (χ0v) is 18.3. The van der Waals surface area contributed by atoms with Gasteiger partial charge in [0.2, 0.25) is 10.0 Å². The summed E-state index contributed by atoms with van der Waals surface area (Å²) in [6.07, 6.45) is 1.74. The molecule has 6 nitrogen and oxygen atoms in total. The van der Waals surface area contributed by atoms with Gasteiger partial charge >= 0.3 is 0 Å². The van der Waals surface area contributed by atoms with Gasteiger partial charge in [-0.3, -0.25) is 0 Å². The molecule has 0 atom stereocenters. The first-order valence-electron chi connectivity index (χ1n) is 9.99. The summed E-state index contributed by atoms with van der Waals surface area (Å²) in [6.45, 7) is 4.07. The van der Waals surface area contributed by atoms with Gasteiger partial charge < -0.3 is 9.64 Å². The van der Waals surface area contributed by atoms with Crippen LogP contribution in [0.4, 0.5) is 9.52 Å². The number of benzene rings is 2. The number of halogens is 1. The lowest BCUT2D eigenvalue weighted by Crippen LogP contribution is -2.38. The van der Waals surface area contributed by atoms with Crippen molar-refractivity contribution in [3.8, 4) is 5.75 Å². The number of ether oxygens (including phenoxy) is 1. The molecule has 0 bridgehead atoms. The predicted molar refractivity (Wildman–Crippen MR) is 117 cm³/mol. The summed E-state index contributed by atoms with van der Waals surface area (Å²) in [4.78, 5) is 6.88. The highest BCUT2D eigenvalue weighted by Gasteiger charge is 2.24. The zero-order valence-electron chi connectivity index (χ0n) is 16.7. The third-order valence-electron chi connectivity index (χ3n) is 5.24. The molecule has 0 amide bonds. The van der Waals surface area contributed by atoms with Crippen LogP contribution in [-0.2, 0) is 10.0 Å². The molecule has 0 radical (unpaired) electrons. The highest BCUT2D eigenvalue weighted by molar-refractivity contribution is 7.89.